The Morgan fingerprint density at radius 1 is 0.889 bits per heavy atom. The Labute approximate surface area is 161 Å². The van der Waals surface area contributed by atoms with Crippen molar-refractivity contribution in [2.75, 3.05) is 52.5 Å². The van der Waals surface area contributed by atoms with Crippen LogP contribution in [0.1, 0.15) is 24.8 Å². The summed E-state index contributed by atoms with van der Waals surface area (Å²) in [5.41, 5.74) is 0.677. The van der Waals surface area contributed by atoms with Crippen molar-refractivity contribution in [3.05, 3.63) is 35.9 Å². The predicted molar refractivity (Wildman–Crippen MR) is 101 cm³/mol. The van der Waals surface area contributed by atoms with Crippen LogP contribution in [0.25, 0.3) is 0 Å². The Kier molecular flexibility index (Phi) is 5.24. The van der Waals surface area contributed by atoms with Crippen molar-refractivity contribution in [2.45, 2.75) is 24.7 Å². The van der Waals surface area contributed by atoms with E-state index in [-0.39, 0.29) is 5.91 Å². The Hall–Kier alpha value is -1.48. The first-order valence-corrected chi connectivity index (χ1v) is 11.1. The van der Waals surface area contributed by atoms with Gasteiger partial charge in [-0.3, -0.25) is 4.79 Å². The van der Waals surface area contributed by atoms with Crippen molar-refractivity contribution in [2.24, 2.45) is 0 Å². The van der Waals surface area contributed by atoms with Gasteiger partial charge in [-0.05, 0) is 18.4 Å². The van der Waals surface area contributed by atoms with E-state index >= 15 is 0 Å². The molecule has 3 aliphatic rings. The van der Waals surface area contributed by atoms with Crippen LogP contribution in [0.5, 0.6) is 0 Å². The van der Waals surface area contributed by atoms with Crippen molar-refractivity contribution < 1.29 is 17.9 Å². The number of morpholine rings is 1. The molecule has 3 fully saturated rings. The van der Waals surface area contributed by atoms with Gasteiger partial charge in [0.25, 0.3) is 10.2 Å². The minimum absolute atomic E-state index is 0.156. The van der Waals surface area contributed by atoms with Crippen LogP contribution in [0.3, 0.4) is 0 Å². The SMILES string of the molecule is O=C(N1CCN(S(=O)(=O)N2CCOCC2)CC1)C1(c2ccccc2)CCC1. The fraction of sp³-hybridized carbons (Fsp3) is 0.632. The van der Waals surface area contributed by atoms with Crippen molar-refractivity contribution in [3.63, 3.8) is 0 Å². The van der Waals surface area contributed by atoms with Crippen molar-refractivity contribution in [1.82, 2.24) is 13.5 Å². The lowest BCUT2D eigenvalue weighted by atomic mass is 9.63. The summed E-state index contributed by atoms with van der Waals surface area (Å²) < 4.78 is 33.8. The quantitative estimate of drug-likeness (QED) is 0.760. The van der Waals surface area contributed by atoms with Crippen LogP contribution in [0.2, 0.25) is 0 Å². The maximum Gasteiger partial charge on any atom is 0.282 e. The largest absolute Gasteiger partial charge is 0.379 e. The molecule has 0 aromatic heterocycles. The summed E-state index contributed by atoms with van der Waals surface area (Å²) in [6, 6.07) is 10.0. The Bertz CT molecular complexity index is 765. The summed E-state index contributed by atoms with van der Waals surface area (Å²) in [5.74, 6) is 0.156. The summed E-state index contributed by atoms with van der Waals surface area (Å²) in [6.45, 7) is 3.31. The van der Waals surface area contributed by atoms with Crippen LogP contribution in [-0.2, 0) is 25.2 Å². The zero-order chi connectivity index (χ0) is 18.9. The van der Waals surface area contributed by atoms with Gasteiger partial charge in [-0.25, -0.2) is 0 Å². The van der Waals surface area contributed by atoms with Crippen LogP contribution in [0.15, 0.2) is 30.3 Å². The highest BCUT2D eigenvalue weighted by molar-refractivity contribution is 7.86. The highest BCUT2D eigenvalue weighted by Gasteiger charge is 2.48. The lowest BCUT2D eigenvalue weighted by molar-refractivity contribution is -0.142. The van der Waals surface area contributed by atoms with Gasteiger partial charge in [0.05, 0.1) is 18.6 Å². The molecule has 7 nitrogen and oxygen atoms in total. The molecule has 1 saturated carbocycles. The first-order chi connectivity index (χ1) is 13.0. The van der Waals surface area contributed by atoms with Gasteiger partial charge in [0.2, 0.25) is 5.91 Å². The molecule has 1 aromatic rings. The Balaban J connectivity index is 1.42. The molecule has 1 aromatic carbocycles. The molecule has 4 rings (SSSR count). The highest BCUT2D eigenvalue weighted by atomic mass is 32.2. The van der Waals surface area contributed by atoms with Crippen molar-refractivity contribution in [3.8, 4) is 0 Å². The lowest BCUT2D eigenvalue weighted by Gasteiger charge is -2.46. The molecule has 148 valence electrons. The van der Waals surface area contributed by atoms with E-state index in [0.717, 1.165) is 24.8 Å². The Morgan fingerprint density at radius 2 is 1.48 bits per heavy atom. The zero-order valence-corrected chi connectivity index (χ0v) is 16.4. The summed E-state index contributed by atoms with van der Waals surface area (Å²) in [5, 5.41) is 0. The van der Waals surface area contributed by atoms with E-state index in [0.29, 0.717) is 52.5 Å². The number of piperazine rings is 1. The van der Waals surface area contributed by atoms with E-state index in [1.54, 1.807) is 0 Å². The number of hydrogen-bond acceptors (Lipinski definition) is 4. The zero-order valence-electron chi connectivity index (χ0n) is 15.5. The molecule has 2 aliphatic heterocycles. The molecule has 2 saturated heterocycles. The first kappa shape index (κ1) is 18.9. The number of hydrogen-bond donors (Lipinski definition) is 0. The molecule has 2 heterocycles. The number of carbonyl (C=O) groups is 1. The molecular weight excluding hydrogens is 366 g/mol. The molecule has 0 radical (unpaired) electrons. The third-order valence-electron chi connectivity index (χ3n) is 6.09. The second-order valence-electron chi connectivity index (χ2n) is 7.51. The Morgan fingerprint density at radius 3 is 2.04 bits per heavy atom. The number of nitrogens with zero attached hydrogens (tertiary/aromatic N) is 3. The average molecular weight is 394 g/mol. The van der Waals surface area contributed by atoms with Gasteiger partial charge in [-0.15, -0.1) is 0 Å². The van der Waals surface area contributed by atoms with Gasteiger partial charge in [0, 0.05) is 39.3 Å². The third kappa shape index (κ3) is 3.40. The van der Waals surface area contributed by atoms with E-state index < -0.39 is 15.6 Å². The van der Waals surface area contributed by atoms with Gasteiger partial charge < -0.3 is 9.64 Å². The van der Waals surface area contributed by atoms with Gasteiger partial charge in [-0.1, -0.05) is 36.8 Å². The van der Waals surface area contributed by atoms with E-state index in [1.807, 2.05) is 35.2 Å². The van der Waals surface area contributed by atoms with Gasteiger partial charge in [0.15, 0.2) is 0 Å². The minimum Gasteiger partial charge on any atom is -0.379 e. The maximum atomic E-state index is 13.3. The fourth-order valence-corrected chi connectivity index (χ4v) is 5.84. The van der Waals surface area contributed by atoms with Crippen molar-refractivity contribution >= 4 is 16.1 Å². The molecule has 8 heteroatoms. The number of ether oxygens (including phenoxy) is 1. The summed E-state index contributed by atoms with van der Waals surface area (Å²) >= 11 is 0. The highest BCUT2D eigenvalue weighted by Crippen LogP contribution is 2.45. The smallest absolute Gasteiger partial charge is 0.282 e. The lowest BCUT2D eigenvalue weighted by Crippen LogP contribution is -2.59. The number of benzene rings is 1. The van der Waals surface area contributed by atoms with Crippen LogP contribution in [-0.4, -0.2) is 80.3 Å². The van der Waals surface area contributed by atoms with E-state index in [9.17, 15) is 13.2 Å². The van der Waals surface area contributed by atoms with E-state index in [2.05, 4.69) is 0 Å². The van der Waals surface area contributed by atoms with Crippen LogP contribution >= 0.6 is 0 Å². The normalized spacial score (nSPS) is 24.4. The van der Waals surface area contributed by atoms with Crippen LogP contribution in [0.4, 0.5) is 0 Å². The summed E-state index contributed by atoms with van der Waals surface area (Å²) in [4.78, 5) is 15.2. The average Bonchev–Trinajstić information content (AvgIpc) is 2.69. The standard InChI is InChI=1S/C19H27N3O4S/c23-18(19(7-4-8-19)17-5-2-1-3-6-17)20-9-11-21(12-10-20)27(24,25)22-13-15-26-16-14-22/h1-3,5-6H,4,7-16H2. The number of amides is 1. The molecule has 0 atom stereocenters. The molecule has 1 amide bonds. The molecule has 0 bridgehead atoms. The second-order valence-corrected chi connectivity index (χ2v) is 9.44. The number of rotatable bonds is 4. The van der Waals surface area contributed by atoms with Gasteiger partial charge in [-0.2, -0.15) is 17.0 Å². The molecule has 0 unspecified atom stereocenters. The monoisotopic (exact) mass is 393 g/mol. The van der Waals surface area contributed by atoms with E-state index in [4.69, 9.17) is 4.74 Å². The van der Waals surface area contributed by atoms with Gasteiger partial charge in [0.1, 0.15) is 0 Å². The molecule has 1 aliphatic carbocycles. The third-order valence-corrected chi connectivity index (χ3v) is 8.13. The second kappa shape index (κ2) is 7.50. The van der Waals surface area contributed by atoms with Crippen LogP contribution in [0, 0.1) is 0 Å². The molecule has 27 heavy (non-hydrogen) atoms. The molecular formula is C19H27N3O4S. The topological polar surface area (TPSA) is 70.2 Å². The van der Waals surface area contributed by atoms with Crippen LogP contribution < -0.4 is 0 Å². The minimum atomic E-state index is -3.46. The van der Waals surface area contributed by atoms with Crippen molar-refractivity contribution in [1.29, 1.82) is 0 Å². The predicted octanol–water partition coefficient (Wildman–Crippen LogP) is 0.830. The number of carbonyl (C=O) groups excluding carboxylic acids is 1. The van der Waals surface area contributed by atoms with E-state index in [1.165, 1.54) is 8.61 Å². The maximum absolute atomic E-state index is 13.3. The molecule has 0 spiro atoms. The first-order valence-electron chi connectivity index (χ1n) is 9.72. The molecule has 0 N–H and O–H groups in total. The summed E-state index contributed by atoms with van der Waals surface area (Å²) in [7, 11) is -3.46. The fourth-order valence-electron chi connectivity index (χ4n) is 4.28. The van der Waals surface area contributed by atoms with Gasteiger partial charge >= 0.3 is 0 Å². The summed E-state index contributed by atoms with van der Waals surface area (Å²) in [6.07, 6.45) is 2.82.